The number of allylic oxidation sites excluding steroid dienone is 1. The Bertz CT molecular complexity index is 327. The largest absolute Gasteiger partial charge is 0.468 e. The second kappa shape index (κ2) is 7.46. The van der Waals surface area contributed by atoms with E-state index in [1.54, 1.807) is 12.1 Å². The molecule has 0 aromatic rings. The Hall–Kier alpha value is -1.83. The number of ether oxygens (including phenoxy) is 1. The highest BCUT2D eigenvalue weighted by molar-refractivity contribution is 5.98. The molecule has 88 valence electrons. The van der Waals surface area contributed by atoms with Gasteiger partial charge in [0, 0.05) is 0 Å². The standard InChI is InChI=1S/C11H16N2O3/c1-8(2)4-5-9(6-12)11(15)13-7-10(14)16-3/h5,8H,4,7H2,1-3H3,(H,13,15)/b9-5+. The Balaban J connectivity index is 4.28. The summed E-state index contributed by atoms with van der Waals surface area (Å²) in [4.78, 5) is 22.2. The third kappa shape index (κ3) is 5.81. The zero-order chi connectivity index (χ0) is 12.6. The maximum absolute atomic E-state index is 11.4. The molecule has 0 rings (SSSR count). The van der Waals surface area contributed by atoms with Crippen molar-refractivity contribution in [3.63, 3.8) is 0 Å². The van der Waals surface area contributed by atoms with E-state index in [9.17, 15) is 9.59 Å². The lowest BCUT2D eigenvalue weighted by molar-refractivity contribution is -0.140. The van der Waals surface area contributed by atoms with E-state index in [-0.39, 0.29) is 12.1 Å². The highest BCUT2D eigenvalue weighted by Crippen LogP contribution is 2.04. The van der Waals surface area contributed by atoms with E-state index in [1.165, 1.54) is 7.11 Å². The summed E-state index contributed by atoms with van der Waals surface area (Å²) in [6.45, 7) is 3.74. The Morgan fingerprint density at radius 3 is 2.56 bits per heavy atom. The molecule has 1 N–H and O–H groups in total. The fourth-order valence-corrected chi connectivity index (χ4v) is 0.863. The van der Waals surface area contributed by atoms with Crippen molar-refractivity contribution in [2.45, 2.75) is 20.3 Å². The van der Waals surface area contributed by atoms with Crippen molar-refractivity contribution < 1.29 is 14.3 Å². The molecule has 1 amide bonds. The summed E-state index contributed by atoms with van der Waals surface area (Å²) in [6, 6.07) is 1.80. The zero-order valence-corrected chi connectivity index (χ0v) is 9.74. The predicted octanol–water partition coefficient (Wildman–Crippen LogP) is 0.772. The molecule has 0 aromatic heterocycles. The van der Waals surface area contributed by atoms with Gasteiger partial charge in [0.05, 0.1) is 7.11 Å². The summed E-state index contributed by atoms with van der Waals surface area (Å²) >= 11 is 0. The number of rotatable bonds is 5. The molecule has 0 saturated carbocycles. The van der Waals surface area contributed by atoms with Crippen LogP contribution in [0, 0.1) is 17.2 Å². The topological polar surface area (TPSA) is 79.2 Å². The van der Waals surface area contributed by atoms with Gasteiger partial charge in [0.2, 0.25) is 0 Å². The Morgan fingerprint density at radius 1 is 1.50 bits per heavy atom. The van der Waals surface area contributed by atoms with Gasteiger partial charge >= 0.3 is 5.97 Å². The molecule has 0 aliphatic heterocycles. The molecule has 16 heavy (non-hydrogen) atoms. The van der Waals surface area contributed by atoms with Gasteiger partial charge in [0.15, 0.2) is 0 Å². The summed E-state index contributed by atoms with van der Waals surface area (Å²) in [5, 5.41) is 11.0. The lowest BCUT2D eigenvalue weighted by atomic mass is 10.1. The van der Waals surface area contributed by atoms with Crippen molar-refractivity contribution in [1.82, 2.24) is 5.32 Å². The first-order valence-corrected chi connectivity index (χ1v) is 4.96. The van der Waals surface area contributed by atoms with E-state index >= 15 is 0 Å². The van der Waals surface area contributed by atoms with Crippen molar-refractivity contribution in [3.05, 3.63) is 11.6 Å². The van der Waals surface area contributed by atoms with Gasteiger partial charge in [-0.25, -0.2) is 0 Å². The summed E-state index contributed by atoms with van der Waals surface area (Å²) < 4.78 is 4.36. The predicted molar refractivity (Wildman–Crippen MR) is 58.2 cm³/mol. The molecule has 0 fully saturated rings. The van der Waals surface area contributed by atoms with Crippen LogP contribution in [0.3, 0.4) is 0 Å². The van der Waals surface area contributed by atoms with E-state index in [2.05, 4.69) is 10.1 Å². The fraction of sp³-hybridized carbons (Fsp3) is 0.545. The lowest BCUT2D eigenvalue weighted by Gasteiger charge is -2.03. The molecule has 0 spiro atoms. The van der Waals surface area contributed by atoms with Gasteiger partial charge < -0.3 is 10.1 Å². The maximum Gasteiger partial charge on any atom is 0.325 e. The van der Waals surface area contributed by atoms with Gasteiger partial charge in [-0.3, -0.25) is 9.59 Å². The molecule has 0 bridgehead atoms. The number of nitrogens with zero attached hydrogens (tertiary/aromatic N) is 1. The van der Waals surface area contributed by atoms with Crippen LogP contribution in [-0.4, -0.2) is 25.5 Å². The molecular formula is C11H16N2O3. The van der Waals surface area contributed by atoms with E-state index in [0.717, 1.165) is 0 Å². The number of hydrogen-bond donors (Lipinski definition) is 1. The van der Waals surface area contributed by atoms with Crippen molar-refractivity contribution in [2.75, 3.05) is 13.7 Å². The molecule has 0 aromatic carbocycles. The van der Waals surface area contributed by atoms with Gasteiger partial charge in [-0.15, -0.1) is 0 Å². The number of carbonyl (C=O) groups excluding carboxylic acids is 2. The van der Waals surface area contributed by atoms with Crippen LogP contribution in [0.1, 0.15) is 20.3 Å². The van der Waals surface area contributed by atoms with E-state index < -0.39 is 11.9 Å². The van der Waals surface area contributed by atoms with Gasteiger partial charge in [-0.1, -0.05) is 19.9 Å². The number of nitrogens with one attached hydrogen (secondary N) is 1. The second-order valence-corrected chi connectivity index (χ2v) is 3.62. The quantitative estimate of drug-likeness (QED) is 0.425. The summed E-state index contributed by atoms with van der Waals surface area (Å²) in [6.07, 6.45) is 2.21. The van der Waals surface area contributed by atoms with Crippen LogP contribution in [0.25, 0.3) is 0 Å². The minimum atomic E-state index is -0.548. The molecule has 0 radical (unpaired) electrons. The lowest BCUT2D eigenvalue weighted by Crippen LogP contribution is -2.30. The van der Waals surface area contributed by atoms with Crippen molar-refractivity contribution in [1.29, 1.82) is 5.26 Å². The van der Waals surface area contributed by atoms with Crippen LogP contribution < -0.4 is 5.32 Å². The Labute approximate surface area is 95.1 Å². The zero-order valence-electron chi connectivity index (χ0n) is 9.74. The number of carbonyl (C=O) groups is 2. The van der Waals surface area contributed by atoms with Gasteiger partial charge in [-0.2, -0.15) is 5.26 Å². The first-order chi connectivity index (χ1) is 7.51. The third-order valence-electron chi connectivity index (χ3n) is 1.78. The maximum atomic E-state index is 11.4. The molecule has 0 unspecified atom stereocenters. The average molecular weight is 224 g/mol. The van der Waals surface area contributed by atoms with Crippen LogP contribution >= 0.6 is 0 Å². The van der Waals surface area contributed by atoms with Gasteiger partial charge in [-0.05, 0) is 12.3 Å². The number of methoxy groups -OCH3 is 1. The smallest absolute Gasteiger partial charge is 0.325 e. The molecule has 0 saturated heterocycles. The van der Waals surface area contributed by atoms with Crippen molar-refractivity contribution in [2.24, 2.45) is 5.92 Å². The summed E-state index contributed by atoms with van der Waals surface area (Å²) in [7, 11) is 1.23. The van der Waals surface area contributed by atoms with Gasteiger partial charge in [0.25, 0.3) is 5.91 Å². The van der Waals surface area contributed by atoms with Crippen LogP contribution in [0.2, 0.25) is 0 Å². The average Bonchev–Trinajstić information content (AvgIpc) is 2.26. The fourth-order valence-electron chi connectivity index (χ4n) is 0.863. The van der Waals surface area contributed by atoms with Gasteiger partial charge in [0.1, 0.15) is 18.2 Å². The van der Waals surface area contributed by atoms with E-state index in [0.29, 0.717) is 12.3 Å². The summed E-state index contributed by atoms with van der Waals surface area (Å²) in [5.74, 6) is -0.722. The molecule has 5 nitrogen and oxygen atoms in total. The Kier molecular flexibility index (Phi) is 6.61. The van der Waals surface area contributed by atoms with Crippen LogP contribution in [0.4, 0.5) is 0 Å². The van der Waals surface area contributed by atoms with E-state index in [4.69, 9.17) is 5.26 Å². The Morgan fingerprint density at radius 2 is 2.12 bits per heavy atom. The van der Waals surface area contributed by atoms with Crippen LogP contribution in [0.15, 0.2) is 11.6 Å². The van der Waals surface area contributed by atoms with Crippen LogP contribution in [0.5, 0.6) is 0 Å². The molecular weight excluding hydrogens is 208 g/mol. The second-order valence-electron chi connectivity index (χ2n) is 3.62. The third-order valence-corrected chi connectivity index (χ3v) is 1.78. The minimum Gasteiger partial charge on any atom is -0.468 e. The minimum absolute atomic E-state index is 0.0256. The molecule has 0 aliphatic rings. The molecule has 0 heterocycles. The first kappa shape index (κ1) is 14.2. The monoisotopic (exact) mass is 224 g/mol. The van der Waals surface area contributed by atoms with E-state index in [1.807, 2.05) is 13.8 Å². The number of esters is 1. The molecule has 0 atom stereocenters. The number of nitriles is 1. The molecule has 5 heteroatoms. The summed E-state index contributed by atoms with van der Waals surface area (Å²) in [5.41, 5.74) is 0.0256. The number of hydrogen-bond acceptors (Lipinski definition) is 4. The normalized spacial score (nSPS) is 10.8. The highest BCUT2D eigenvalue weighted by Gasteiger charge is 2.10. The highest BCUT2D eigenvalue weighted by atomic mass is 16.5. The van der Waals surface area contributed by atoms with Crippen molar-refractivity contribution >= 4 is 11.9 Å². The first-order valence-electron chi connectivity index (χ1n) is 4.96. The molecule has 0 aliphatic carbocycles. The van der Waals surface area contributed by atoms with Crippen LogP contribution in [-0.2, 0) is 14.3 Å². The van der Waals surface area contributed by atoms with Crippen molar-refractivity contribution in [3.8, 4) is 6.07 Å². The number of amides is 1. The SMILES string of the molecule is COC(=O)CNC(=O)/C(C#N)=C/CC(C)C.